The lowest BCUT2D eigenvalue weighted by Gasteiger charge is -2.09. The van der Waals surface area contributed by atoms with E-state index in [2.05, 4.69) is 31.2 Å². The molecule has 0 saturated heterocycles. The molecule has 5 heteroatoms. The molecule has 0 amide bonds. The van der Waals surface area contributed by atoms with Crippen LogP contribution in [0.3, 0.4) is 0 Å². The van der Waals surface area contributed by atoms with Crippen molar-refractivity contribution in [2.24, 2.45) is 0 Å². The molecular formula is C13H14BrN3O. The van der Waals surface area contributed by atoms with Gasteiger partial charge in [-0.15, -0.1) is 0 Å². The zero-order valence-electron chi connectivity index (χ0n) is 10.1. The van der Waals surface area contributed by atoms with Gasteiger partial charge in [-0.1, -0.05) is 12.1 Å². The highest BCUT2D eigenvalue weighted by atomic mass is 79.9. The fourth-order valence-electron chi connectivity index (χ4n) is 1.49. The van der Waals surface area contributed by atoms with Crippen LogP contribution in [-0.2, 0) is 0 Å². The Hall–Kier alpha value is -1.62. The molecule has 0 radical (unpaired) electrons. The molecule has 0 aliphatic carbocycles. The molecule has 0 fully saturated rings. The number of hydrogen-bond donors (Lipinski definition) is 1. The molecule has 2 rings (SSSR count). The summed E-state index contributed by atoms with van der Waals surface area (Å²) in [5.41, 5.74) is 1.19. The molecule has 0 saturated carbocycles. The highest BCUT2D eigenvalue weighted by Gasteiger charge is 1.99. The second-order valence-corrected chi connectivity index (χ2v) is 4.67. The Bertz CT molecular complexity index is 519. The number of nitrogens with one attached hydrogen (secondary N) is 1. The topological polar surface area (TPSA) is 47.0 Å². The number of aryl methyl sites for hydroxylation is 1. The molecule has 0 atom stereocenters. The first-order chi connectivity index (χ1) is 8.75. The molecule has 4 nitrogen and oxygen atoms in total. The summed E-state index contributed by atoms with van der Waals surface area (Å²) in [6, 6.07) is 8.00. The van der Waals surface area contributed by atoms with Gasteiger partial charge in [0, 0.05) is 6.20 Å². The van der Waals surface area contributed by atoms with Crippen molar-refractivity contribution in [3.05, 3.63) is 46.8 Å². The maximum Gasteiger partial charge on any atom is 0.143 e. The van der Waals surface area contributed by atoms with E-state index in [1.165, 1.54) is 11.9 Å². The largest absolute Gasteiger partial charge is 0.492 e. The summed E-state index contributed by atoms with van der Waals surface area (Å²) in [4.78, 5) is 8.01. The van der Waals surface area contributed by atoms with Crippen molar-refractivity contribution >= 4 is 21.7 Å². The number of nitrogens with zero attached hydrogens (tertiary/aromatic N) is 2. The smallest absolute Gasteiger partial charge is 0.143 e. The van der Waals surface area contributed by atoms with Gasteiger partial charge in [-0.05, 0) is 40.5 Å². The van der Waals surface area contributed by atoms with Crippen LogP contribution in [0.1, 0.15) is 5.56 Å². The summed E-state index contributed by atoms with van der Waals surface area (Å²) >= 11 is 3.37. The van der Waals surface area contributed by atoms with Gasteiger partial charge in [0.1, 0.15) is 24.5 Å². The number of anilines is 1. The number of ether oxygens (including phenoxy) is 1. The number of benzene rings is 1. The molecule has 1 heterocycles. The van der Waals surface area contributed by atoms with E-state index in [1.807, 2.05) is 31.2 Å². The van der Waals surface area contributed by atoms with Crippen molar-refractivity contribution in [1.82, 2.24) is 9.97 Å². The van der Waals surface area contributed by atoms with Crippen LogP contribution < -0.4 is 10.1 Å². The molecule has 0 aliphatic heterocycles. The van der Waals surface area contributed by atoms with Gasteiger partial charge in [0.15, 0.2) is 0 Å². The molecule has 0 spiro atoms. The van der Waals surface area contributed by atoms with E-state index in [1.54, 1.807) is 6.20 Å². The number of halogens is 1. The molecule has 18 heavy (non-hydrogen) atoms. The van der Waals surface area contributed by atoms with E-state index >= 15 is 0 Å². The van der Waals surface area contributed by atoms with Gasteiger partial charge in [0.05, 0.1) is 11.0 Å². The third kappa shape index (κ3) is 3.70. The number of rotatable bonds is 5. The summed E-state index contributed by atoms with van der Waals surface area (Å²) in [5, 5.41) is 3.17. The molecular weight excluding hydrogens is 294 g/mol. The monoisotopic (exact) mass is 307 g/mol. The van der Waals surface area contributed by atoms with Crippen LogP contribution in [0.4, 0.5) is 5.82 Å². The molecule has 0 bridgehead atoms. The number of aromatic nitrogens is 2. The second kappa shape index (κ2) is 6.35. The third-order valence-electron chi connectivity index (χ3n) is 2.32. The van der Waals surface area contributed by atoms with Crippen LogP contribution in [0, 0.1) is 6.92 Å². The first-order valence-electron chi connectivity index (χ1n) is 5.64. The minimum atomic E-state index is 0.583. The summed E-state index contributed by atoms with van der Waals surface area (Å²) < 4.78 is 6.47. The van der Waals surface area contributed by atoms with Crippen LogP contribution in [0.25, 0.3) is 0 Å². The Balaban J connectivity index is 1.78. The fraction of sp³-hybridized carbons (Fsp3) is 0.231. The first kappa shape index (κ1) is 12.8. The van der Waals surface area contributed by atoms with Gasteiger partial charge >= 0.3 is 0 Å². The zero-order chi connectivity index (χ0) is 12.8. The lowest BCUT2D eigenvalue weighted by Crippen LogP contribution is -2.12. The van der Waals surface area contributed by atoms with Crippen LogP contribution in [-0.4, -0.2) is 23.1 Å². The van der Waals surface area contributed by atoms with Crippen molar-refractivity contribution in [2.75, 3.05) is 18.5 Å². The van der Waals surface area contributed by atoms with Crippen molar-refractivity contribution in [3.63, 3.8) is 0 Å². The van der Waals surface area contributed by atoms with Crippen LogP contribution in [0.5, 0.6) is 5.75 Å². The average Bonchev–Trinajstić information content (AvgIpc) is 2.37. The molecule has 1 aromatic carbocycles. The lowest BCUT2D eigenvalue weighted by molar-refractivity contribution is 0.332. The molecule has 0 aliphatic rings. The second-order valence-electron chi connectivity index (χ2n) is 3.81. The Morgan fingerprint density at radius 1 is 1.39 bits per heavy atom. The van der Waals surface area contributed by atoms with E-state index in [0.29, 0.717) is 13.2 Å². The average molecular weight is 308 g/mol. The van der Waals surface area contributed by atoms with Gasteiger partial charge in [-0.2, -0.15) is 0 Å². The normalized spacial score (nSPS) is 10.1. The highest BCUT2D eigenvalue weighted by Crippen LogP contribution is 2.16. The Morgan fingerprint density at radius 3 is 3.06 bits per heavy atom. The summed E-state index contributed by atoms with van der Waals surface area (Å²) in [5.74, 6) is 1.66. The van der Waals surface area contributed by atoms with E-state index < -0.39 is 0 Å². The van der Waals surface area contributed by atoms with Gasteiger partial charge in [-0.25, -0.2) is 9.97 Å². The zero-order valence-corrected chi connectivity index (χ0v) is 11.6. The quantitative estimate of drug-likeness (QED) is 0.863. The van der Waals surface area contributed by atoms with E-state index in [-0.39, 0.29) is 0 Å². The van der Waals surface area contributed by atoms with E-state index in [9.17, 15) is 0 Å². The van der Waals surface area contributed by atoms with Crippen molar-refractivity contribution in [2.45, 2.75) is 6.92 Å². The SMILES string of the molecule is Cc1cccc(OCCNc2ncncc2Br)c1. The summed E-state index contributed by atoms with van der Waals surface area (Å²) in [7, 11) is 0. The Morgan fingerprint density at radius 2 is 2.28 bits per heavy atom. The fourth-order valence-corrected chi connectivity index (χ4v) is 1.85. The number of hydrogen-bond acceptors (Lipinski definition) is 4. The Labute approximate surface area is 115 Å². The standard InChI is InChI=1S/C13H14BrN3O/c1-10-3-2-4-11(7-10)18-6-5-16-13-12(14)8-15-9-17-13/h2-4,7-9H,5-6H2,1H3,(H,15,16,17). The van der Waals surface area contributed by atoms with Gasteiger partial charge < -0.3 is 10.1 Å². The van der Waals surface area contributed by atoms with Crippen molar-refractivity contribution < 1.29 is 4.74 Å². The van der Waals surface area contributed by atoms with Crippen LogP contribution in [0.15, 0.2) is 41.3 Å². The third-order valence-corrected chi connectivity index (χ3v) is 2.90. The Kier molecular flexibility index (Phi) is 4.52. The predicted molar refractivity (Wildman–Crippen MR) is 74.9 cm³/mol. The van der Waals surface area contributed by atoms with Gasteiger partial charge in [-0.3, -0.25) is 0 Å². The maximum absolute atomic E-state index is 5.63. The summed E-state index contributed by atoms with van der Waals surface area (Å²) in [6.45, 7) is 3.31. The van der Waals surface area contributed by atoms with Crippen LogP contribution >= 0.6 is 15.9 Å². The van der Waals surface area contributed by atoms with Gasteiger partial charge in [0.25, 0.3) is 0 Å². The highest BCUT2D eigenvalue weighted by molar-refractivity contribution is 9.10. The molecule has 1 aromatic heterocycles. The van der Waals surface area contributed by atoms with E-state index in [4.69, 9.17) is 4.74 Å². The molecule has 0 unspecified atom stereocenters. The minimum absolute atomic E-state index is 0.583. The minimum Gasteiger partial charge on any atom is -0.492 e. The summed E-state index contributed by atoms with van der Waals surface area (Å²) in [6.07, 6.45) is 3.21. The molecule has 1 N–H and O–H groups in total. The lowest BCUT2D eigenvalue weighted by atomic mass is 10.2. The predicted octanol–water partition coefficient (Wildman–Crippen LogP) is 3.04. The van der Waals surface area contributed by atoms with Crippen molar-refractivity contribution in [1.29, 1.82) is 0 Å². The molecule has 94 valence electrons. The van der Waals surface area contributed by atoms with Crippen molar-refractivity contribution in [3.8, 4) is 5.75 Å². The molecule has 2 aromatic rings. The first-order valence-corrected chi connectivity index (χ1v) is 6.44. The van der Waals surface area contributed by atoms with E-state index in [0.717, 1.165) is 16.0 Å². The van der Waals surface area contributed by atoms with Gasteiger partial charge in [0.2, 0.25) is 0 Å². The maximum atomic E-state index is 5.63. The van der Waals surface area contributed by atoms with Crippen LogP contribution in [0.2, 0.25) is 0 Å².